The Labute approximate surface area is 290 Å². The quantitative estimate of drug-likeness (QED) is 0.188. The molecule has 0 aliphatic heterocycles. The van der Waals surface area contributed by atoms with Crippen LogP contribution in [-0.2, 0) is 0 Å². The van der Waals surface area contributed by atoms with Gasteiger partial charge in [-0.3, -0.25) is 0 Å². The van der Waals surface area contributed by atoms with Gasteiger partial charge >= 0.3 is 0 Å². The first-order valence-corrected chi connectivity index (χ1v) is 16.8. The molecule has 0 spiro atoms. The van der Waals surface area contributed by atoms with E-state index in [0.717, 1.165) is 93.6 Å². The zero-order chi connectivity index (χ0) is 33.5. The summed E-state index contributed by atoms with van der Waals surface area (Å²) < 4.78 is 18.9. The Morgan fingerprint density at radius 3 is 1.51 bits per heavy atom. The monoisotopic (exact) mass is 655 g/mol. The molecule has 0 aliphatic rings. The Kier molecular flexibility index (Phi) is 5.86. The number of fused-ring (bicyclic) bond motifs is 9. The van der Waals surface area contributed by atoms with Crippen molar-refractivity contribution in [2.45, 2.75) is 0 Å². The van der Waals surface area contributed by atoms with Crippen LogP contribution in [0, 0.1) is 0 Å². The van der Waals surface area contributed by atoms with Crippen LogP contribution in [0.4, 0.5) is 0 Å². The van der Waals surface area contributed by atoms with Gasteiger partial charge in [-0.15, -0.1) is 0 Å². The third kappa shape index (κ3) is 4.40. The third-order valence-corrected chi connectivity index (χ3v) is 9.74. The summed E-state index contributed by atoms with van der Waals surface area (Å²) in [4.78, 5) is 15.0. The van der Waals surface area contributed by atoms with Crippen molar-refractivity contribution in [3.05, 3.63) is 152 Å². The lowest BCUT2D eigenvalue weighted by Gasteiger charge is -2.09. The van der Waals surface area contributed by atoms with Crippen LogP contribution in [0.2, 0.25) is 0 Å². The first kappa shape index (κ1) is 27.9. The van der Waals surface area contributed by atoms with E-state index in [1.807, 2.05) is 103 Å². The van der Waals surface area contributed by atoms with E-state index in [2.05, 4.69) is 48.5 Å². The van der Waals surface area contributed by atoms with Gasteiger partial charge in [-0.2, -0.15) is 0 Å². The number of para-hydroxylation sites is 1. The highest BCUT2D eigenvalue weighted by atomic mass is 16.3. The predicted molar refractivity (Wildman–Crippen MR) is 203 cm³/mol. The highest BCUT2D eigenvalue weighted by Gasteiger charge is 2.19. The molecule has 6 heteroatoms. The zero-order valence-corrected chi connectivity index (χ0v) is 27.0. The van der Waals surface area contributed by atoms with Crippen LogP contribution < -0.4 is 0 Å². The Morgan fingerprint density at radius 1 is 0.294 bits per heavy atom. The zero-order valence-electron chi connectivity index (χ0n) is 27.0. The summed E-state index contributed by atoms with van der Waals surface area (Å²) in [5, 5.41) is 6.24. The van der Waals surface area contributed by atoms with E-state index < -0.39 is 0 Å². The van der Waals surface area contributed by atoms with Crippen LogP contribution in [0.15, 0.2) is 165 Å². The van der Waals surface area contributed by atoms with Crippen molar-refractivity contribution in [2.24, 2.45) is 0 Å². The Hall–Kier alpha value is -7.05. The van der Waals surface area contributed by atoms with Crippen LogP contribution in [-0.4, -0.2) is 15.0 Å². The summed E-state index contributed by atoms with van der Waals surface area (Å²) in [6.45, 7) is 0. The molecule has 0 saturated carbocycles. The fraction of sp³-hybridized carbons (Fsp3) is 0. The summed E-state index contributed by atoms with van der Waals surface area (Å²) in [5.41, 5.74) is 9.77. The first-order valence-electron chi connectivity index (χ1n) is 16.8. The number of hydrogen-bond acceptors (Lipinski definition) is 6. The van der Waals surface area contributed by atoms with Crippen LogP contribution >= 0.6 is 0 Å². The lowest BCUT2D eigenvalue weighted by atomic mass is 9.99. The first-order chi connectivity index (χ1) is 25.2. The van der Waals surface area contributed by atoms with E-state index in [1.165, 1.54) is 0 Å². The number of hydrogen-bond donors (Lipinski definition) is 0. The molecule has 0 aliphatic carbocycles. The van der Waals surface area contributed by atoms with Crippen LogP contribution in [0.3, 0.4) is 0 Å². The van der Waals surface area contributed by atoms with Gasteiger partial charge in [-0.1, -0.05) is 103 Å². The number of furan rings is 3. The van der Waals surface area contributed by atoms with Crippen molar-refractivity contribution in [1.29, 1.82) is 0 Å². The molecule has 11 aromatic rings. The number of benzene rings is 7. The fourth-order valence-electron chi connectivity index (χ4n) is 7.30. The van der Waals surface area contributed by atoms with E-state index in [1.54, 1.807) is 0 Å². The molecule has 4 aromatic heterocycles. The van der Waals surface area contributed by atoms with Gasteiger partial charge in [0.1, 0.15) is 33.5 Å². The largest absolute Gasteiger partial charge is 0.456 e. The lowest BCUT2D eigenvalue weighted by Crippen LogP contribution is -2.00. The van der Waals surface area contributed by atoms with Gasteiger partial charge in [-0.05, 0) is 53.6 Å². The van der Waals surface area contributed by atoms with E-state index in [9.17, 15) is 0 Å². The molecule has 11 rings (SSSR count). The highest BCUT2D eigenvalue weighted by molar-refractivity contribution is 6.16. The van der Waals surface area contributed by atoms with Gasteiger partial charge in [0.2, 0.25) is 0 Å². The van der Waals surface area contributed by atoms with Crippen LogP contribution in [0.25, 0.3) is 111 Å². The molecule has 0 bridgehead atoms. The smallest absolute Gasteiger partial charge is 0.164 e. The molecule has 6 nitrogen and oxygen atoms in total. The highest BCUT2D eigenvalue weighted by Crippen LogP contribution is 2.41. The molecular weight excluding hydrogens is 631 g/mol. The normalized spacial score (nSPS) is 11.9. The summed E-state index contributed by atoms with van der Waals surface area (Å²) >= 11 is 0. The molecule has 0 amide bonds. The van der Waals surface area contributed by atoms with Crippen molar-refractivity contribution in [3.63, 3.8) is 0 Å². The second kappa shape index (κ2) is 10.7. The number of aromatic nitrogens is 3. The predicted octanol–water partition coefficient (Wildman–Crippen LogP) is 12.2. The van der Waals surface area contributed by atoms with Gasteiger partial charge in [0.25, 0.3) is 0 Å². The minimum absolute atomic E-state index is 0.589. The Bertz CT molecular complexity index is 3080. The lowest BCUT2D eigenvalue weighted by molar-refractivity contribution is 0.656. The fourth-order valence-corrected chi connectivity index (χ4v) is 7.30. The maximum atomic E-state index is 6.42. The van der Waals surface area contributed by atoms with Crippen molar-refractivity contribution in [1.82, 2.24) is 15.0 Å². The maximum Gasteiger partial charge on any atom is 0.164 e. The van der Waals surface area contributed by atoms with Gasteiger partial charge in [0.15, 0.2) is 17.5 Å². The number of rotatable bonds is 4. The third-order valence-electron chi connectivity index (χ3n) is 9.74. The number of nitrogens with zero attached hydrogens (tertiary/aromatic N) is 3. The van der Waals surface area contributed by atoms with E-state index in [0.29, 0.717) is 17.5 Å². The van der Waals surface area contributed by atoms with Crippen LogP contribution in [0.1, 0.15) is 0 Å². The molecule has 0 atom stereocenters. The molecule has 0 N–H and O–H groups in total. The van der Waals surface area contributed by atoms with Gasteiger partial charge < -0.3 is 13.3 Å². The molecule has 238 valence electrons. The second-order valence-electron chi connectivity index (χ2n) is 12.8. The van der Waals surface area contributed by atoms with E-state index >= 15 is 0 Å². The Balaban J connectivity index is 1.09. The van der Waals surface area contributed by atoms with Gasteiger partial charge in [0, 0.05) is 55.1 Å². The minimum atomic E-state index is 0.589. The summed E-state index contributed by atoms with van der Waals surface area (Å²) in [7, 11) is 0. The van der Waals surface area contributed by atoms with E-state index in [-0.39, 0.29) is 0 Å². The standard InChI is InChI=1S/C45H25N3O3/c1-3-10-26(11-4-1)43-46-44(27-12-5-2-6-13-27)48-45(47-43)31-15-9-17-39-42(31)35-23-29(19-21-38(35)49-39)28-18-20-37-32(22-28)34-24-33-30-14-7-8-16-36(30)50-40(33)25-41(34)51-37/h1-25H. The van der Waals surface area contributed by atoms with Crippen molar-refractivity contribution >= 4 is 65.8 Å². The molecule has 0 saturated heterocycles. The summed E-state index contributed by atoms with van der Waals surface area (Å²) in [5.74, 6) is 1.82. The molecular formula is C45H25N3O3. The molecule has 0 unspecified atom stereocenters. The molecule has 0 fully saturated rings. The average Bonchev–Trinajstić information content (AvgIpc) is 3.87. The minimum Gasteiger partial charge on any atom is -0.456 e. The maximum absolute atomic E-state index is 6.42. The van der Waals surface area contributed by atoms with Crippen molar-refractivity contribution in [3.8, 4) is 45.3 Å². The van der Waals surface area contributed by atoms with Gasteiger partial charge in [0.05, 0.1) is 0 Å². The average molecular weight is 656 g/mol. The molecule has 4 heterocycles. The summed E-state index contributed by atoms with van der Waals surface area (Å²) in [6, 6.07) is 51.2. The Morgan fingerprint density at radius 2 is 0.804 bits per heavy atom. The molecule has 0 radical (unpaired) electrons. The molecule has 51 heavy (non-hydrogen) atoms. The topological polar surface area (TPSA) is 78.1 Å². The second-order valence-corrected chi connectivity index (χ2v) is 12.8. The van der Waals surface area contributed by atoms with E-state index in [4.69, 9.17) is 28.2 Å². The SMILES string of the molecule is c1ccc(-c2nc(-c3ccccc3)nc(-c3cccc4oc5ccc(-c6ccc7oc8cc9oc%10ccccc%10c9cc8c7c6)cc5c34)n2)cc1. The van der Waals surface area contributed by atoms with Gasteiger partial charge in [-0.25, -0.2) is 15.0 Å². The molecule has 7 aromatic carbocycles. The van der Waals surface area contributed by atoms with Crippen molar-refractivity contribution < 1.29 is 13.3 Å². The summed E-state index contributed by atoms with van der Waals surface area (Å²) in [6.07, 6.45) is 0. The van der Waals surface area contributed by atoms with Crippen LogP contribution in [0.5, 0.6) is 0 Å². The van der Waals surface area contributed by atoms with Crippen molar-refractivity contribution in [2.75, 3.05) is 0 Å².